The summed E-state index contributed by atoms with van der Waals surface area (Å²) < 4.78 is 2.00. The minimum absolute atomic E-state index is 0.170. The number of pyridine rings is 1. The van der Waals surface area contributed by atoms with Gasteiger partial charge in [-0.25, -0.2) is 0 Å². The molecule has 3 nitrogen and oxygen atoms in total. The van der Waals surface area contributed by atoms with Crippen LogP contribution in [0.4, 0.5) is 0 Å². The van der Waals surface area contributed by atoms with Gasteiger partial charge in [0.25, 0.3) is 5.56 Å². The SMILES string of the molecule is O=c1cccc2n1CC1CC2CN(Cc2cccs2)C1. The van der Waals surface area contributed by atoms with Crippen LogP contribution in [0, 0.1) is 5.92 Å². The normalized spacial score (nSPS) is 25.4. The minimum atomic E-state index is 0.170. The highest BCUT2D eigenvalue weighted by Gasteiger charge is 2.34. The van der Waals surface area contributed by atoms with Gasteiger partial charge in [0.1, 0.15) is 0 Å². The van der Waals surface area contributed by atoms with Gasteiger partial charge in [-0.05, 0) is 29.9 Å². The summed E-state index contributed by atoms with van der Waals surface area (Å²) in [5.41, 5.74) is 1.41. The fourth-order valence-corrected chi connectivity index (χ4v) is 4.49. The predicted octanol–water partition coefficient (Wildman–Crippen LogP) is 2.53. The molecule has 104 valence electrons. The predicted molar refractivity (Wildman–Crippen MR) is 81.1 cm³/mol. The largest absolute Gasteiger partial charge is 0.312 e. The molecular formula is C16H18N2OS. The number of likely N-dealkylation sites (tertiary alicyclic amines) is 1. The molecule has 0 radical (unpaired) electrons. The Kier molecular flexibility index (Phi) is 3.00. The van der Waals surface area contributed by atoms with E-state index in [2.05, 4.69) is 28.5 Å². The van der Waals surface area contributed by atoms with Gasteiger partial charge in [-0.15, -0.1) is 11.3 Å². The first-order chi connectivity index (χ1) is 9.79. The van der Waals surface area contributed by atoms with Crippen molar-refractivity contribution >= 4 is 11.3 Å². The van der Waals surface area contributed by atoms with Gasteiger partial charge in [0, 0.05) is 48.7 Å². The molecule has 2 aromatic heterocycles. The zero-order valence-electron chi connectivity index (χ0n) is 11.4. The summed E-state index contributed by atoms with van der Waals surface area (Å²) >= 11 is 1.84. The quantitative estimate of drug-likeness (QED) is 0.847. The van der Waals surface area contributed by atoms with E-state index in [9.17, 15) is 4.79 Å². The first-order valence-electron chi connectivity index (χ1n) is 7.24. The summed E-state index contributed by atoms with van der Waals surface area (Å²) in [6, 6.07) is 10.1. The second-order valence-corrected chi connectivity index (χ2v) is 7.00. The monoisotopic (exact) mass is 286 g/mol. The van der Waals surface area contributed by atoms with Crippen molar-refractivity contribution in [3.05, 3.63) is 56.6 Å². The minimum Gasteiger partial charge on any atom is -0.312 e. The standard InChI is InChI=1S/C16H18N2OS/c19-16-5-1-4-15-13-7-12(9-18(15)16)8-17(10-13)11-14-3-2-6-20-14/h1-6,12-13H,7-11H2. The van der Waals surface area contributed by atoms with Crippen molar-refractivity contribution in [2.45, 2.75) is 25.4 Å². The fourth-order valence-electron chi connectivity index (χ4n) is 3.75. The van der Waals surface area contributed by atoms with E-state index in [1.165, 1.54) is 17.0 Å². The second kappa shape index (κ2) is 4.86. The third kappa shape index (κ3) is 2.13. The van der Waals surface area contributed by atoms with E-state index in [0.717, 1.165) is 26.2 Å². The molecule has 0 aliphatic carbocycles. The number of hydrogen-bond donors (Lipinski definition) is 0. The second-order valence-electron chi connectivity index (χ2n) is 5.97. The maximum Gasteiger partial charge on any atom is 0.250 e. The molecule has 4 heteroatoms. The Bertz CT molecular complexity index is 661. The zero-order valence-corrected chi connectivity index (χ0v) is 12.2. The molecule has 2 aromatic rings. The maximum absolute atomic E-state index is 12.0. The molecule has 0 saturated carbocycles. The van der Waals surface area contributed by atoms with E-state index >= 15 is 0 Å². The lowest BCUT2D eigenvalue weighted by atomic mass is 9.83. The van der Waals surface area contributed by atoms with Crippen LogP contribution in [0.25, 0.3) is 0 Å². The molecule has 1 fully saturated rings. The van der Waals surface area contributed by atoms with Crippen LogP contribution >= 0.6 is 11.3 Å². The zero-order chi connectivity index (χ0) is 13.5. The molecule has 0 amide bonds. The number of fused-ring (bicyclic) bond motifs is 4. The van der Waals surface area contributed by atoms with Gasteiger partial charge in [-0.3, -0.25) is 9.69 Å². The van der Waals surface area contributed by atoms with Crippen molar-refractivity contribution in [3.8, 4) is 0 Å². The Morgan fingerprint density at radius 1 is 1.15 bits per heavy atom. The van der Waals surface area contributed by atoms with Crippen LogP contribution < -0.4 is 5.56 Å². The third-order valence-corrected chi connectivity index (χ3v) is 5.38. The fraction of sp³-hybridized carbons (Fsp3) is 0.438. The molecule has 0 spiro atoms. The number of aromatic nitrogens is 1. The topological polar surface area (TPSA) is 25.2 Å². The van der Waals surface area contributed by atoms with Crippen molar-refractivity contribution in [2.24, 2.45) is 5.92 Å². The first kappa shape index (κ1) is 12.4. The van der Waals surface area contributed by atoms with Crippen molar-refractivity contribution < 1.29 is 0 Å². The summed E-state index contributed by atoms with van der Waals surface area (Å²) in [4.78, 5) is 16.0. The van der Waals surface area contributed by atoms with Gasteiger partial charge in [-0.1, -0.05) is 12.1 Å². The highest BCUT2D eigenvalue weighted by molar-refractivity contribution is 7.09. The number of piperidine rings is 1. The maximum atomic E-state index is 12.0. The summed E-state index contributed by atoms with van der Waals surface area (Å²) in [6.45, 7) is 4.15. The van der Waals surface area contributed by atoms with Crippen LogP contribution in [0.3, 0.4) is 0 Å². The average Bonchev–Trinajstić information content (AvgIpc) is 2.93. The average molecular weight is 286 g/mol. The van der Waals surface area contributed by atoms with E-state index < -0.39 is 0 Å². The van der Waals surface area contributed by atoms with Gasteiger partial charge < -0.3 is 4.57 Å². The lowest BCUT2D eigenvalue weighted by Crippen LogP contribution is -2.46. The van der Waals surface area contributed by atoms with Crippen molar-refractivity contribution in [1.29, 1.82) is 0 Å². The Morgan fingerprint density at radius 3 is 2.95 bits per heavy atom. The van der Waals surface area contributed by atoms with E-state index in [1.54, 1.807) is 6.07 Å². The first-order valence-corrected chi connectivity index (χ1v) is 8.12. The Labute approximate surface area is 122 Å². The van der Waals surface area contributed by atoms with Gasteiger partial charge in [0.05, 0.1) is 0 Å². The Balaban J connectivity index is 1.60. The van der Waals surface area contributed by atoms with Crippen LogP contribution in [-0.4, -0.2) is 22.6 Å². The van der Waals surface area contributed by atoms with E-state index in [1.807, 2.05) is 22.0 Å². The number of rotatable bonds is 2. The number of nitrogens with zero attached hydrogens (tertiary/aromatic N) is 2. The highest BCUT2D eigenvalue weighted by Crippen LogP contribution is 2.35. The number of thiophene rings is 1. The molecule has 4 rings (SSSR count). The lowest BCUT2D eigenvalue weighted by Gasteiger charge is -2.42. The molecule has 2 aliphatic heterocycles. The van der Waals surface area contributed by atoms with Gasteiger partial charge in [-0.2, -0.15) is 0 Å². The van der Waals surface area contributed by atoms with E-state index in [0.29, 0.717) is 11.8 Å². The Hall–Kier alpha value is -1.39. The van der Waals surface area contributed by atoms with Gasteiger partial charge in [0.2, 0.25) is 0 Å². The van der Waals surface area contributed by atoms with Crippen molar-refractivity contribution in [2.75, 3.05) is 13.1 Å². The molecule has 4 heterocycles. The molecule has 1 saturated heterocycles. The van der Waals surface area contributed by atoms with Crippen LogP contribution in [0.15, 0.2) is 40.5 Å². The summed E-state index contributed by atoms with van der Waals surface area (Å²) in [5, 5.41) is 2.15. The molecule has 20 heavy (non-hydrogen) atoms. The van der Waals surface area contributed by atoms with Crippen LogP contribution in [-0.2, 0) is 13.1 Å². The molecule has 2 atom stereocenters. The van der Waals surface area contributed by atoms with Crippen LogP contribution in [0.2, 0.25) is 0 Å². The van der Waals surface area contributed by atoms with E-state index in [4.69, 9.17) is 0 Å². The third-order valence-electron chi connectivity index (χ3n) is 4.51. The number of hydrogen-bond acceptors (Lipinski definition) is 3. The van der Waals surface area contributed by atoms with Crippen LogP contribution in [0.5, 0.6) is 0 Å². The summed E-state index contributed by atoms with van der Waals surface area (Å²) in [7, 11) is 0. The highest BCUT2D eigenvalue weighted by atomic mass is 32.1. The summed E-state index contributed by atoms with van der Waals surface area (Å²) in [5.74, 6) is 1.15. The lowest BCUT2D eigenvalue weighted by molar-refractivity contribution is 0.115. The van der Waals surface area contributed by atoms with Gasteiger partial charge >= 0.3 is 0 Å². The molecule has 2 aliphatic rings. The summed E-state index contributed by atoms with van der Waals surface area (Å²) in [6.07, 6.45) is 1.24. The molecule has 0 aromatic carbocycles. The molecular weight excluding hydrogens is 268 g/mol. The molecule has 2 unspecified atom stereocenters. The van der Waals surface area contributed by atoms with Crippen molar-refractivity contribution in [1.82, 2.24) is 9.47 Å². The van der Waals surface area contributed by atoms with Crippen LogP contribution in [0.1, 0.15) is 22.9 Å². The molecule has 0 N–H and O–H groups in total. The van der Waals surface area contributed by atoms with Gasteiger partial charge in [0.15, 0.2) is 0 Å². The van der Waals surface area contributed by atoms with E-state index in [-0.39, 0.29) is 5.56 Å². The van der Waals surface area contributed by atoms with Crippen molar-refractivity contribution in [3.63, 3.8) is 0 Å². The molecule has 2 bridgehead atoms. The Morgan fingerprint density at radius 2 is 2.10 bits per heavy atom. The smallest absolute Gasteiger partial charge is 0.250 e.